The molecule has 0 bridgehead atoms. The molecule has 0 atom stereocenters. The van der Waals surface area contributed by atoms with Crippen LogP contribution in [0, 0.1) is 0 Å². The molecule has 0 unspecified atom stereocenters. The van der Waals surface area contributed by atoms with Gasteiger partial charge in [-0.1, -0.05) is 207 Å². The van der Waals surface area contributed by atoms with Crippen LogP contribution in [0.1, 0.15) is 23.1 Å². The van der Waals surface area contributed by atoms with E-state index in [0.717, 1.165) is 55.5 Å². The SMILES string of the molecule is C=C(/C=C\C=C\C/C=C(\N=C(N)c1ccccc1)c1ccc(-c2ccc(-c3cccc4c3c3ccccc3n4-c3ccccc3)cc2)c2ccccc12)c1ccccc1. The van der Waals surface area contributed by atoms with Crippen molar-refractivity contribution in [2.24, 2.45) is 10.7 Å². The molecule has 9 aromatic rings. The topological polar surface area (TPSA) is 43.3 Å². The van der Waals surface area contributed by atoms with Gasteiger partial charge in [0.05, 0.1) is 16.7 Å². The maximum atomic E-state index is 6.67. The molecule has 282 valence electrons. The lowest BCUT2D eigenvalue weighted by Crippen LogP contribution is -2.13. The Hall–Kier alpha value is -7.75. The maximum Gasteiger partial charge on any atom is 0.131 e. The van der Waals surface area contributed by atoms with Gasteiger partial charge in [0.1, 0.15) is 5.84 Å². The van der Waals surface area contributed by atoms with Gasteiger partial charge in [-0.15, -0.1) is 0 Å². The van der Waals surface area contributed by atoms with Crippen molar-refractivity contribution in [1.29, 1.82) is 0 Å². The Morgan fingerprint density at radius 2 is 1.12 bits per heavy atom. The molecular formula is C56H43N3. The normalized spacial score (nSPS) is 12.3. The minimum absolute atomic E-state index is 0.477. The van der Waals surface area contributed by atoms with Crippen LogP contribution in [0.4, 0.5) is 0 Å². The third-order valence-corrected chi connectivity index (χ3v) is 10.9. The highest BCUT2D eigenvalue weighted by molar-refractivity contribution is 6.16. The summed E-state index contributed by atoms with van der Waals surface area (Å²) in [6.07, 6.45) is 11.1. The van der Waals surface area contributed by atoms with Crippen LogP contribution in [-0.2, 0) is 0 Å². The molecule has 3 nitrogen and oxygen atoms in total. The van der Waals surface area contributed by atoms with E-state index in [2.05, 4.69) is 175 Å². The van der Waals surface area contributed by atoms with Gasteiger partial charge >= 0.3 is 0 Å². The second-order valence-electron chi connectivity index (χ2n) is 14.5. The van der Waals surface area contributed by atoms with E-state index in [1.807, 2.05) is 60.7 Å². The fourth-order valence-electron chi connectivity index (χ4n) is 7.99. The highest BCUT2D eigenvalue weighted by atomic mass is 15.0. The van der Waals surface area contributed by atoms with Crippen LogP contribution in [0.25, 0.3) is 71.8 Å². The molecule has 59 heavy (non-hydrogen) atoms. The number of aromatic nitrogens is 1. The van der Waals surface area contributed by atoms with Gasteiger partial charge in [-0.05, 0) is 74.8 Å². The number of aliphatic imine (C=N–C) groups is 1. The lowest BCUT2D eigenvalue weighted by molar-refractivity contribution is 1.18. The molecule has 1 aromatic heterocycles. The van der Waals surface area contributed by atoms with E-state index in [4.69, 9.17) is 10.7 Å². The Labute approximate surface area is 345 Å². The summed E-state index contributed by atoms with van der Waals surface area (Å²) in [7, 11) is 0. The predicted molar refractivity (Wildman–Crippen MR) is 253 cm³/mol. The first kappa shape index (κ1) is 36.9. The van der Waals surface area contributed by atoms with Gasteiger partial charge in [0.25, 0.3) is 0 Å². The van der Waals surface area contributed by atoms with E-state index in [-0.39, 0.29) is 0 Å². The fourth-order valence-corrected chi connectivity index (χ4v) is 7.99. The number of amidine groups is 1. The zero-order chi connectivity index (χ0) is 40.0. The van der Waals surface area contributed by atoms with E-state index in [1.54, 1.807) is 0 Å². The largest absolute Gasteiger partial charge is 0.383 e. The van der Waals surface area contributed by atoms with Gasteiger partial charge in [0.15, 0.2) is 0 Å². The van der Waals surface area contributed by atoms with Gasteiger partial charge in [0.2, 0.25) is 0 Å². The molecule has 0 fully saturated rings. The molecule has 0 spiro atoms. The molecule has 1 heterocycles. The molecule has 0 saturated heterocycles. The maximum absolute atomic E-state index is 6.67. The highest BCUT2D eigenvalue weighted by Gasteiger charge is 2.17. The summed E-state index contributed by atoms with van der Waals surface area (Å²) < 4.78 is 2.37. The molecule has 0 amide bonds. The zero-order valence-electron chi connectivity index (χ0n) is 32.7. The Balaban J connectivity index is 1.06. The summed E-state index contributed by atoms with van der Waals surface area (Å²) >= 11 is 0. The lowest BCUT2D eigenvalue weighted by atomic mass is 9.92. The molecule has 0 aliphatic carbocycles. The molecular weight excluding hydrogens is 715 g/mol. The van der Waals surface area contributed by atoms with Crippen molar-refractivity contribution in [3.63, 3.8) is 0 Å². The predicted octanol–water partition coefficient (Wildman–Crippen LogP) is 14.2. The first-order valence-corrected chi connectivity index (χ1v) is 20.0. The van der Waals surface area contributed by atoms with Crippen molar-refractivity contribution in [2.75, 3.05) is 0 Å². The molecule has 0 radical (unpaired) electrons. The lowest BCUT2D eigenvalue weighted by Gasteiger charge is -2.14. The number of para-hydroxylation sites is 2. The van der Waals surface area contributed by atoms with E-state index in [0.29, 0.717) is 12.3 Å². The minimum atomic E-state index is 0.477. The average Bonchev–Trinajstić information content (AvgIpc) is 3.65. The Morgan fingerprint density at radius 3 is 1.85 bits per heavy atom. The molecule has 0 aliphatic heterocycles. The average molecular weight is 758 g/mol. The number of fused-ring (bicyclic) bond motifs is 4. The number of benzene rings is 8. The van der Waals surface area contributed by atoms with E-state index in [9.17, 15) is 0 Å². The van der Waals surface area contributed by atoms with Crippen LogP contribution < -0.4 is 5.73 Å². The van der Waals surface area contributed by atoms with Gasteiger partial charge in [-0.2, -0.15) is 0 Å². The van der Waals surface area contributed by atoms with Crippen LogP contribution >= 0.6 is 0 Å². The number of rotatable bonds is 11. The third kappa shape index (κ3) is 7.58. The minimum Gasteiger partial charge on any atom is -0.383 e. The summed E-state index contributed by atoms with van der Waals surface area (Å²) in [6, 6.07) is 68.1. The number of hydrogen-bond acceptors (Lipinski definition) is 1. The monoisotopic (exact) mass is 757 g/mol. The van der Waals surface area contributed by atoms with Crippen molar-refractivity contribution >= 4 is 49.7 Å². The molecule has 8 aromatic carbocycles. The van der Waals surface area contributed by atoms with E-state index >= 15 is 0 Å². The zero-order valence-corrected chi connectivity index (χ0v) is 32.7. The van der Waals surface area contributed by atoms with Crippen molar-refractivity contribution in [2.45, 2.75) is 6.42 Å². The fraction of sp³-hybridized carbons (Fsp3) is 0.0179. The third-order valence-electron chi connectivity index (χ3n) is 10.9. The van der Waals surface area contributed by atoms with Crippen molar-refractivity contribution < 1.29 is 0 Å². The van der Waals surface area contributed by atoms with Crippen LogP contribution in [0.15, 0.2) is 236 Å². The van der Waals surface area contributed by atoms with Crippen molar-refractivity contribution in [3.05, 3.63) is 248 Å². The summed E-state index contributed by atoms with van der Waals surface area (Å²) in [6.45, 7) is 4.21. The van der Waals surface area contributed by atoms with Gasteiger partial charge in [0, 0.05) is 27.6 Å². The first-order chi connectivity index (χ1) is 29.1. The number of allylic oxidation sites excluding steroid dienone is 6. The summed E-state index contributed by atoms with van der Waals surface area (Å²) in [5, 5.41) is 4.77. The van der Waals surface area contributed by atoms with E-state index < -0.39 is 0 Å². The summed E-state index contributed by atoms with van der Waals surface area (Å²) in [5.41, 5.74) is 19.8. The number of nitrogens with two attached hydrogens (primary N) is 1. The highest BCUT2D eigenvalue weighted by Crippen LogP contribution is 2.40. The van der Waals surface area contributed by atoms with E-state index in [1.165, 1.54) is 32.9 Å². The standard InChI is InChI=1S/C56H43N3/c1-40(41-21-8-4-9-22-41)20-7-2-3-14-31-52(58-56(57)44-23-10-5-11-24-44)50-39-38-46(48-27-15-16-28-49(48)50)42-34-36-43(37-35-42)47-30-19-33-54-55(47)51-29-17-18-32-53(51)59(54)45-25-12-6-13-26-45/h2-13,15-39H,1,14H2,(H2,57,58)/b3-2+,20-7-,52-31-. The van der Waals surface area contributed by atoms with Gasteiger partial charge in [-0.25, -0.2) is 4.99 Å². The van der Waals surface area contributed by atoms with Crippen molar-refractivity contribution in [1.82, 2.24) is 4.57 Å². The molecule has 0 saturated carbocycles. The molecule has 2 N–H and O–H groups in total. The van der Waals surface area contributed by atoms with Crippen molar-refractivity contribution in [3.8, 4) is 27.9 Å². The van der Waals surface area contributed by atoms with Crippen LogP contribution in [0.2, 0.25) is 0 Å². The van der Waals surface area contributed by atoms with Crippen LogP contribution in [-0.4, -0.2) is 10.4 Å². The second-order valence-corrected chi connectivity index (χ2v) is 14.5. The smallest absolute Gasteiger partial charge is 0.131 e. The van der Waals surface area contributed by atoms with Crippen LogP contribution in [0.3, 0.4) is 0 Å². The Bertz CT molecular complexity index is 3060. The number of nitrogens with zero attached hydrogens (tertiary/aromatic N) is 2. The second kappa shape index (κ2) is 16.8. The molecule has 0 aliphatic rings. The van der Waals surface area contributed by atoms with Gasteiger partial charge in [-0.3, -0.25) is 0 Å². The van der Waals surface area contributed by atoms with Crippen LogP contribution in [0.5, 0.6) is 0 Å². The molecule has 3 heteroatoms. The first-order valence-electron chi connectivity index (χ1n) is 20.0. The molecule has 9 rings (SSSR count). The summed E-state index contributed by atoms with van der Waals surface area (Å²) in [5.74, 6) is 0.477. The Morgan fingerprint density at radius 1 is 0.525 bits per heavy atom. The Kier molecular flexibility index (Phi) is 10.5. The number of hydrogen-bond donors (Lipinski definition) is 1. The summed E-state index contributed by atoms with van der Waals surface area (Å²) in [4.78, 5) is 5.06. The van der Waals surface area contributed by atoms with Gasteiger partial charge < -0.3 is 10.3 Å². The quantitative estimate of drug-likeness (QED) is 0.0797.